The predicted molar refractivity (Wildman–Crippen MR) is 35.9 cm³/mol. The van der Waals surface area contributed by atoms with Gasteiger partial charge in [-0.2, -0.15) is 0 Å². The molecule has 0 radical (unpaired) electrons. The van der Waals surface area contributed by atoms with E-state index in [0.717, 1.165) is 0 Å². The number of oxazole rings is 1. The van der Waals surface area contributed by atoms with Crippen LogP contribution in [0.5, 0.6) is 0 Å². The van der Waals surface area contributed by atoms with E-state index in [4.69, 9.17) is 9.52 Å². The Balaban J connectivity index is 3.15. The van der Waals surface area contributed by atoms with Gasteiger partial charge in [0.05, 0.1) is 0 Å². The molecule has 54 valence electrons. The van der Waals surface area contributed by atoms with Gasteiger partial charge in [-0.1, -0.05) is 0 Å². The van der Waals surface area contributed by atoms with E-state index >= 15 is 0 Å². The van der Waals surface area contributed by atoms with Gasteiger partial charge in [0.25, 0.3) is 0 Å². The fourth-order valence-electron chi connectivity index (χ4n) is 0.534. The number of aryl methyl sites for hydroxylation is 1. The van der Waals surface area contributed by atoms with Gasteiger partial charge in [-0.3, -0.25) is 0 Å². The third-order valence-corrected chi connectivity index (χ3v) is 1.43. The van der Waals surface area contributed by atoms with E-state index in [9.17, 15) is 4.79 Å². The summed E-state index contributed by atoms with van der Waals surface area (Å²) >= 11 is 2.91. The van der Waals surface area contributed by atoms with Crippen LogP contribution in [0.3, 0.4) is 0 Å². The van der Waals surface area contributed by atoms with Crippen molar-refractivity contribution in [2.45, 2.75) is 6.92 Å². The lowest BCUT2D eigenvalue weighted by atomic mass is 10.5. The molecule has 10 heavy (non-hydrogen) atoms. The van der Waals surface area contributed by atoms with Gasteiger partial charge in [-0.05, 0) is 15.9 Å². The molecular formula is C5H4BrNO3. The lowest BCUT2D eigenvalue weighted by Crippen LogP contribution is -1.96. The molecule has 1 rings (SSSR count). The number of carboxylic acids is 1. The van der Waals surface area contributed by atoms with Crippen LogP contribution in [0.15, 0.2) is 9.09 Å². The summed E-state index contributed by atoms with van der Waals surface area (Å²) in [6.07, 6.45) is 0. The molecule has 0 aliphatic rings. The molecule has 0 aliphatic heterocycles. The molecule has 1 N–H and O–H groups in total. The summed E-state index contributed by atoms with van der Waals surface area (Å²) in [5.74, 6) is -0.756. The van der Waals surface area contributed by atoms with Gasteiger partial charge in [0.1, 0.15) is 0 Å². The Bertz CT molecular complexity index is 268. The van der Waals surface area contributed by atoms with Crippen molar-refractivity contribution in [2.75, 3.05) is 0 Å². The van der Waals surface area contributed by atoms with Crippen molar-refractivity contribution in [3.8, 4) is 0 Å². The van der Waals surface area contributed by atoms with E-state index < -0.39 is 5.97 Å². The second-order valence-corrected chi connectivity index (χ2v) is 2.38. The van der Waals surface area contributed by atoms with E-state index in [1.807, 2.05) is 0 Å². The minimum absolute atomic E-state index is 0.0856. The van der Waals surface area contributed by atoms with Gasteiger partial charge < -0.3 is 9.52 Å². The topological polar surface area (TPSA) is 63.3 Å². The molecule has 0 aromatic carbocycles. The number of hydrogen-bond acceptors (Lipinski definition) is 3. The zero-order chi connectivity index (χ0) is 7.72. The molecule has 1 heterocycles. The molecule has 0 spiro atoms. The first-order valence-corrected chi connectivity index (χ1v) is 3.27. The fourth-order valence-corrected chi connectivity index (χ4v) is 1.03. The van der Waals surface area contributed by atoms with Crippen LogP contribution in [0.25, 0.3) is 0 Å². The molecule has 0 unspecified atom stereocenters. The number of nitrogens with zero attached hydrogens (tertiary/aromatic N) is 1. The molecule has 5 heteroatoms. The monoisotopic (exact) mass is 205 g/mol. The van der Waals surface area contributed by atoms with Crippen LogP contribution in [0.1, 0.15) is 16.4 Å². The highest BCUT2D eigenvalue weighted by molar-refractivity contribution is 9.10. The Morgan fingerprint density at radius 2 is 2.40 bits per heavy atom. The molecule has 0 bridgehead atoms. The van der Waals surface area contributed by atoms with Gasteiger partial charge >= 0.3 is 5.97 Å². The average molecular weight is 206 g/mol. The number of hydrogen-bond donors (Lipinski definition) is 1. The number of halogens is 1. The van der Waals surface area contributed by atoms with Crippen molar-refractivity contribution in [1.29, 1.82) is 0 Å². The van der Waals surface area contributed by atoms with Crippen molar-refractivity contribution in [3.63, 3.8) is 0 Å². The van der Waals surface area contributed by atoms with Crippen LogP contribution in [0.2, 0.25) is 0 Å². The second-order valence-electron chi connectivity index (χ2n) is 1.66. The quantitative estimate of drug-likeness (QED) is 0.754. The van der Waals surface area contributed by atoms with E-state index in [2.05, 4.69) is 20.9 Å². The van der Waals surface area contributed by atoms with Crippen LogP contribution in [0.4, 0.5) is 0 Å². The number of rotatable bonds is 1. The van der Waals surface area contributed by atoms with Gasteiger partial charge in [0, 0.05) is 6.92 Å². The summed E-state index contributed by atoms with van der Waals surface area (Å²) in [4.78, 5) is 13.9. The molecule has 1 aromatic rings. The zero-order valence-corrected chi connectivity index (χ0v) is 6.67. The van der Waals surface area contributed by atoms with Crippen molar-refractivity contribution in [2.24, 2.45) is 0 Å². The largest absolute Gasteiger partial charge is 0.476 e. The minimum atomic E-state index is -1.09. The molecule has 0 aliphatic carbocycles. The molecular weight excluding hydrogens is 202 g/mol. The van der Waals surface area contributed by atoms with Crippen molar-refractivity contribution >= 4 is 21.9 Å². The summed E-state index contributed by atoms with van der Waals surface area (Å²) < 4.78 is 4.96. The van der Waals surface area contributed by atoms with Crippen LogP contribution in [-0.2, 0) is 0 Å². The summed E-state index contributed by atoms with van der Waals surface area (Å²) in [7, 11) is 0. The standard InChI is InChI=1S/C5H4BrNO3/c1-2-7-3(5(8)9)4(6)10-2/h1H3,(H,8,9). The molecule has 0 amide bonds. The second kappa shape index (κ2) is 2.42. The normalized spacial score (nSPS) is 9.80. The number of carbonyl (C=O) groups is 1. The molecule has 0 fully saturated rings. The Morgan fingerprint density at radius 3 is 2.60 bits per heavy atom. The van der Waals surface area contributed by atoms with Gasteiger partial charge in [0.2, 0.25) is 10.4 Å². The highest BCUT2D eigenvalue weighted by Gasteiger charge is 2.14. The Kier molecular flexibility index (Phi) is 1.76. The van der Waals surface area contributed by atoms with E-state index in [0.29, 0.717) is 5.89 Å². The highest BCUT2D eigenvalue weighted by atomic mass is 79.9. The van der Waals surface area contributed by atoms with E-state index in [-0.39, 0.29) is 10.4 Å². The maximum atomic E-state index is 10.3. The van der Waals surface area contributed by atoms with Crippen LogP contribution in [0, 0.1) is 6.92 Å². The third kappa shape index (κ3) is 1.18. The maximum absolute atomic E-state index is 10.3. The summed E-state index contributed by atoms with van der Waals surface area (Å²) in [5, 5.41) is 8.43. The summed E-state index contributed by atoms with van der Waals surface area (Å²) in [6.45, 7) is 1.58. The van der Waals surface area contributed by atoms with Crippen LogP contribution in [-0.4, -0.2) is 16.1 Å². The molecule has 1 aromatic heterocycles. The Morgan fingerprint density at radius 1 is 1.80 bits per heavy atom. The number of aromatic carboxylic acids is 1. The fraction of sp³-hybridized carbons (Fsp3) is 0.200. The molecule has 0 atom stereocenters. The Labute approximate surface area is 65.0 Å². The maximum Gasteiger partial charge on any atom is 0.359 e. The first-order valence-electron chi connectivity index (χ1n) is 2.47. The lowest BCUT2D eigenvalue weighted by molar-refractivity contribution is 0.0689. The number of carboxylic acid groups (broad SMARTS) is 1. The van der Waals surface area contributed by atoms with Crippen molar-refractivity contribution < 1.29 is 14.3 Å². The van der Waals surface area contributed by atoms with E-state index in [1.165, 1.54) is 0 Å². The van der Waals surface area contributed by atoms with Gasteiger partial charge in [0.15, 0.2) is 5.89 Å². The van der Waals surface area contributed by atoms with Gasteiger partial charge in [-0.25, -0.2) is 9.78 Å². The smallest absolute Gasteiger partial charge is 0.359 e. The lowest BCUT2D eigenvalue weighted by Gasteiger charge is -1.81. The van der Waals surface area contributed by atoms with Crippen molar-refractivity contribution in [1.82, 2.24) is 4.98 Å². The summed E-state index contributed by atoms with van der Waals surface area (Å²) in [6, 6.07) is 0. The third-order valence-electron chi connectivity index (χ3n) is 0.895. The number of aromatic nitrogens is 1. The average Bonchev–Trinajstić information content (AvgIpc) is 2.10. The van der Waals surface area contributed by atoms with E-state index in [1.54, 1.807) is 6.92 Å². The molecule has 0 saturated heterocycles. The van der Waals surface area contributed by atoms with Crippen LogP contribution >= 0.6 is 15.9 Å². The SMILES string of the molecule is Cc1nc(C(=O)O)c(Br)o1. The predicted octanol–water partition coefficient (Wildman–Crippen LogP) is 1.44. The first kappa shape index (κ1) is 7.27. The van der Waals surface area contributed by atoms with Gasteiger partial charge in [-0.15, -0.1) is 0 Å². The Hall–Kier alpha value is -0.840. The first-order chi connectivity index (χ1) is 4.61. The molecule has 0 saturated carbocycles. The van der Waals surface area contributed by atoms with Crippen molar-refractivity contribution in [3.05, 3.63) is 16.3 Å². The minimum Gasteiger partial charge on any atom is -0.476 e. The van der Waals surface area contributed by atoms with Crippen LogP contribution < -0.4 is 0 Å². The molecule has 4 nitrogen and oxygen atoms in total. The highest BCUT2D eigenvalue weighted by Crippen LogP contribution is 2.16. The summed E-state index contributed by atoms with van der Waals surface area (Å²) in [5.41, 5.74) is -0.0856. The zero-order valence-electron chi connectivity index (χ0n) is 5.09.